The Morgan fingerprint density at radius 2 is 2.00 bits per heavy atom. The third-order valence-corrected chi connectivity index (χ3v) is 5.14. The van der Waals surface area contributed by atoms with E-state index in [9.17, 15) is 5.11 Å². The lowest BCUT2D eigenvalue weighted by atomic mass is 9.87. The quantitative estimate of drug-likeness (QED) is 0.510. The number of nitrogens with two attached hydrogens (primary N) is 1. The highest BCUT2D eigenvalue weighted by Gasteiger charge is 2.22. The first-order chi connectivity index (χ1) is 10.5. The van der Waals surface area contributed by atoms with E-state index in [0.29, 0.717) is 17.6 Å². The Morgan fingerprint density at radius 3 is 2.55 bits per heavy atom. The highest BCUT2D eigenvalue weighted by atomic mass is 32.2. The van der Waals surface area contributed by atoms with E-state index < -0.39 is 0 Å². The number of aromatic hydroxyl groups is 1. The van der Waals surface area contributed by atoms with Crippen LogP contribution in [0.2, 0.25) is 0 Å². The van der Waals surface area contributed by atoms with E-state index in [1.807, 2.05) is 12.1 Å². The zero-order valence-corrected chi connectivity index (χ0v) is 15.5. The molecule has 0 saturated heterocycles. The van der Waals surface area contributed by atoms with E-state index in [-0.39, 0.29) is 0 Å². The number of rotatable bonds is 10. The number of likely N-dealkylation sites (N-methyl/N-ethyl adjacent to an activating group) is 1. The normalized spacial score (nSPS) is 12.6. The molecule has 4 heteroatoms. The molecule has 0 amide bonds. The molecule has 0 aliphatic carbocycles. The predicted octanol–water partition coefficient (Wildman–Crippen LogP) is 3.62. The van der Waals surface area contributed by atoms with Gasteiger partial charge in [-0.05, 0) is 30.2 Å². The number of hydrogen-bond donors (Lipinski definition) is 2. The fourth-order valence-corrected chi connectivity index (χ4v) is 3.73. The zero-order valence-electron chi connectivity index (χ0n) is 14.7. The molecule has 0 aliphatic rings. The second-order valence-corrected chi connectivity index (χ2v) is 7.25. The zero-order chi connectivity index (χ0) is 16.5. The van der Waals surface area contributed by atoms with Crippen LogP contribution in [0.1, 0.15) is 51.5 Å². The molecule has 1 aromatic carbocycles. The Hall–Kier alpha value is -0.870. The molecule has 0 aromatic heterocycles. The molecule has 0 unspecified atom stereocenters. The average molecular weight is 327 g/mol. The fraction of sp³-hybridized carbons (Fsp3) is 0.667. The highest BCUT2D eigenvalue weighted by Crippen LogP contribution is 2.40. The van der Waals surface area contributed by atoms with E-state index in [0.717, 1.165) is 28.5 Å². The Labute approximate surface area is 139 Å². The van der Waals surface area contributed by atoms with Crippen molar-refractivity contribution < 1.29 is 15.2 Å². The Kier molecular flexibility index (Phi) is 8.72. The number of phenolic OH excluding ortho intramolecular Hbond substituents is 1. The first kappa shape index (κ1) is 19.2. The molecule has 0 radical (unpaired) electrons. The number of benzene rings is 1. The van der Waals surface area contributed by atoms with Crippen molar-refractivity contribution in [1.29, 1.82) is 0 Å². The lowest BCUT2D eigenvalue weighted by molar-refractivity contribution is -0.630. The predicted molar refractivity (Wildman–Crippen MR) is 95.2 cm³/mol. The first-order valence-electron chi connectivity index (χ1n) is 8.36. The van der Waals surface area contributed by atoms with Gasteiger partial charge in [-0.2, -0.15) is 0 Å². The molecule has 0 saturated carbocycles. The van der Waals surface area contributed by atoms with Crippen LogP contribution in [0.15, 0.2) is 17.0 Å². The summed E-state index contributed by atoms with van der Waals surface area (Å²) in [6, 6.07) is 3.92. The third-order valence-electron chi connectivity index (χ3n) is 4.01. The van der Waals surface area contributed by atoms with Gasteiger partial charge in [0.05, 0.1) is 25.6 Å². The van der Waals surface area contributed by atoms with Crippen LogP contribution in [-0.4, -0.2) is 31.6 Å². The summed E-state index contributed by atoms with van der Waals surface area (Å²) >= 11 is 1.78. The summed E-state index contributed by atoms with van der Waals surface area (Å²) in [7, 11) is 3.78. The van der Waals surface area contributed by atoms with Gasteiger partial charge in [-0.25, -0.2) is 0 Å². The van der Waals surface area contributed by atoms with Crippen molar-refractivity contribution in [1.82, 2.24) is 0 Å². The lowest BCUT2D eigenvalue weighted by Gasteiger charge is -2.22. The summed E-state index contributed by atoms with van der Waals surface area (Å²) in [4.78, 5) is 1.04. The van der Waals surface area contributed by atoms with Gasteiger partial charge in [-0.3, -0.25) is 0 Å². The van der Waals surface area contributed by atoms with Crippen molar-refractivity contribution in [3.63, 3.8) is 0 Å². The van der Waals surface area contributed by atoms with Crippen LogP contribution < -0.4 is 10.1 Å². The van der Waals surface area contributed by atoms with Crippen molar-refractivity contribution in [3.05, 3.63) is 17.7 Å². The van der Waals surface area contributed by atoms with Gasteiger partial charge in [0, 0.05) is 11.5 Å². The summed E-state index contributed by atoms with van der Waals surface area (Å²) in [6.45, 7) is 7.58. The van der Waals surface area contributed by atoms with Crippen LogP contribution in [0.3, 0.4) is 0 Å². The smallest absolute Gasteiger partial charge is 0.132 e. The molecule has 22 heavy (non-hydrogen) atoms. The molecular formula is C18H32NO2S+. The minimum atomic E-state index is 0.332. The summed E-state index contributed by atoms with van der Waals surface area (Å²) < 4.78 is 5.56. The molecule has 1 rings (SSSR count). The van der Waals surface area contributed by atoms with E-state index in [1.165, 1.54) is 19.3 Å². The van der Waals surface area contributed by atoms with Crippen LogP contribution in [0.5, 0.6) is 11.5 Å². The van der Waals surface area contributed by atoms with E-state index in [2.05, 4.69) is 33.1 Å². The number of thioether (sulfide) groups is 1. The number of hydrogen-bond acceptors (Lipinski definition) is 3. The Morgan fingerprint density at radius 1 is 1.27 bits per heavy atom. The van der Waals surface area contributed by atoms with Gasteiger partial charge in [0.1, 0.15) is 11.5 Å². The standard InChI is InChI=1S/C18H31NO2S/c1-6-7-8-9-22-18-11-16(20)14(10-17(18)21-5)15(12-19-4)13(2)3/h10-11,13,15,19-20H,6-9,12H2,1-5H3/p+1/t15-/m1/s1. The van der Waals surface area contributed by atoms with E-state index in [1.54, 1.807) is 18.9 Å². The largest absolute Gasteiger partial charge is 0.508 e. The Bertz CT molecular complexity index is 449. The molecule has 0 fully saturated rings. The molecule has 126 valence electrons. The maximum absolute atomic E-state index is 10.5. The first-order valence-corrected chi connectivity index (χ1v) is 9.35. The Balaban J connectivity index is 2.97. The molecule has 3 nitrogen and oxygen atoms in total. The second-order valence-electron chi connectivity index (χ2n) is 6.11. The fourth-order valence-electron chi connectivity index (χ4n) is 2.68. The van der Waals surface area contributed by atoms with Gasteiger partial charge in [-0.1, -0.05) is 33.6 Å². The molecule has 0 bridgehead atoms. The number of methoxy groups -OCH3 is 1. The van der Waals surface area contributed by atoms with Crippen LogP contribution >= 0.6 is 11.8 Å². The van der Waals surface area contributed by atoms with Gasteiger partial charge in [0.2, 0.25) is 0 Å². The third kappa shape index (κ3) is 5.40. The van der Waals surface area contributed by atoms with Gasteiger partial charge >= 0.3 is 0 Å². The van der Waals surface area contributed by atoms with Crippen LogP contribution in [0.25, 0.3) is 0 Å². The number of ether oxygens (including phenoxy) is 1. The maximum Gasteiger partial charge on any atom is 0.132 e. The number of unbranched alkanes of at least 4 members (excludes halogenated alkanes) is 2. The molecule has 3 N–H and O–H groups in total. The van der Waals surface area contributed by atoms with Gasteiger partial charge in [-0.15, -0.1) is 11.8 Å². The number of phenols is 1. The molecule has 0 aliphatic heterocycles. The summed E-state index contributed by atoms with van der Waals surface area (Å²) in [5.74, 6) is 3.17. The summed E-state index contributed by atoms with van der Waals surface area (Å²) in [5.41, 5.74) is 1.00. The van der Waals surface area contributed by atoms with Crippen LogP contribution in [0.4, 0.5) is 0 Å². The molecule has 0 spiro atoms. The van der Waals surface area contributed by atoms with Crippen molar-refractivity contribution in [3.8, 4) is 11.5 Å². The van der Waals surface area contributed by atoms with Crippen molar-refractivity contribution in [2.45, 2.75) is 50.8 Å². The minimum Gasteiger partial charge on any atom is -0.508 e. The SMILES string of the molecule is CCCCCSc1cc(O)c([C@H](C[NH2+]C)C(C)C)cc1OC. The highest BCUT2D eigenvalue weighted by molar-refractivity contribution is 7.99. The van der Waals surface area contributed by atoms with Gasteiger partial charge < -0.3 is 15.2 Å². The van der Waals surface area contributed by atoms with Crippen molar-refractivity contribution in [2.24, 2.45) is 5.92 Å². The number of quaternary nitrogens is 1. The monoisotopic (exact) mass is 326 g/mol. The van der Waals surface area contributed by atoms with Crippen LogP contribution in [0, 0.1) is 5.92 Å². The molecule has 0 heterocycles. The average Bonchev–Trinajstić information content (AvgIpc) is 2.49. The van der Waals surface area contributed by atoms with Gasteiger partial charge in [0.15, 0.2) is 0 Å². The van der Waals surface area contributed by atoms with Crippen molar-refractivity contribution in [2.75, 3.05) is 26.5 Å². The topological polar surface area (TPSA) is 46.1 Å². The maximum atomic E-state index is 10.5. The lowest BCUT2D eigenvalue weighted by Crippen LogP contribution is -2.81. The summed E-state index contributed by atoms with van der Waals surface area (Å²) in [5, 5.41) is 12.6. The molecular weight excluding hydrogens is 294 g/mol. The summed E-state index contributed by atoms with van der Waals surface area (Å²) in [6.07, 6.45) is 3.68. The van der Waals surface area contributed by atoms with E-state index in [4.69, 9.17) is 4.74 Å². The molecule has 1 atom stereocenters. The van der Waals surface area contributed by atoms with Crippen molar-refractivity contribution >= 4 is 11.8 Å². The van der Waals surface area contributed by atoms with Crippen LogP contribution in [-0.2, 0) is 0 Å². The van der Waals surface area contributed by atoms with E-state index >= 15 is 0 Å². The molecule has 1 aromatic rings. The minimum absolute atomic E-state index is 0.332. The van der Waals surface area contributed by atoms with Gasteiger partial charge in [0.25, 0.3) is 0 Å². The second kappa shape index (κ2) is 10.0.